The number of benzene rings is 2. The van der Waals surface area contributed by atoms with Crippen LogP contribution in [0.5, 0.6) is 5.75 Å². The van der Waals surface area contributed by atoms with Crippen LogP contribution in [0.2, 0.25) is 0 Å². The van der Waals surface area contributed by atoms with Crippen molar-refractivity contribution in [3.63, 3.8) is 0 Å². The van der Waals surface area contributed by atoms with Gasteiger partial charge in [0.25, 0.3) is 5.69 Å². The van der Waals surface area contributed by atoms with Crippen LogP contribution >= 0.6 is 15.9 Å². The first-order valence-electron chi connectivity index (χ1n) is 6.07. The topological polar surface area (TPSA) is 76.2 Å². The van der Waals surface area contributed by atoms with Gasteiger partial charge in [-0.25, -0.2) is 0 Å². The first-order chi connectivity index (χ1) is 10.0. The van der Waals surface area contributed by atoms with E-state index in [2.05, 4.69) is 22.0 Å². The maximum Gasteiger partial charge on any atom is 0.270 e. The Morgan fingerprint density at radius 1 is 1.33 bits per heavy atom. The van der Waals surface area contributed by atoms with Gasteiger partial charge in [-0.05, 0) is 30.7 Å². The molecule has 0 saturated heterocycles. The standard InChI is InChI=1S/C15H11BrN2O3/c1-10-2-3-11(8-17)6-15(10)21-9-12-4-5-13(18(19)20)7-14(12)16/h2-7H,9H2,1H3. The number of nitro benzene ring substituents is 1. The summed E-state index contributed by atoms with van der Waals surface area (Å²) in [6.45, 7) is 2.15. The van der Waals surface area contributed by atoms with E-state index in [9.17, 15) is 10.1 Å². The molecule has 6 heteroatoms. The van der Waals surface area contributed by atoms with Crippen molar-refractivity contribution in [3.8, 4) is 11.8 Å². The predicted octanol–water partition coefficient (Wildman–Crippen LogP) is 4.12. The number of hydrogen-bond donors (Lipinski definition) is 0. The highest BCUT2D eigenvalue weighted by atomic mass is 79.9. The highest BCUT2D eigenvalue weighted by molar-refractivity contribution is 9.10. The van der Waals surface area contributed by atoms with Crippen LogP contribution in [-0.2, 0) is 6.61 Å². The molecule has 0 aromatic heterocycles. The number of non-ortho nitro benzene ring substituents is 1. The number of aryl methyl sites for hydroxylation is 1. The fourth-order valence-corrected chi connectivity index (χ4v) is 2.23. The Morgan fingerprint density at radius 2 is 2.10 bits per heavy atom. The Morgan fingerprint density at radius 3 is 2.71 bits per heavy atom. The highest BCUT2D eigenvalue weighted by Gasteiger charge is 2.10. The molecule has 0 aliphatic rings. The summed E-state index contributed by atoms with van der Waals surface area (Å²) >= 11 is 3.30. The van der Waals surface area contributed by atoms with Crippen molar-refractivity contribution in [2.75, 3.05) is 0 Å². The smallest absolute Gasteiger partial charge is 0.270 e. The first-order valence-corrected chi connectivity index (χ1v) is 6.87. The molecule has 0 aliphatic carbocycles. The third-order valence-electron chi connectivity index (χ3n) is 2.95. The molecule has 0 spiro atoms. The number of nitriles is 1. The molecule has 2 aromatic carbocycles. The summed E-state index contributed by atoms with van der Waals surface area (Å²) in [5.74, 6) is 0.624. The van der Waals surface area contributed by atoms with E-state index in [4.69, 9.17) is 10.00 Å². The Balaban J connectivity index is 2.17. The summed E-state index contributed by atoms with van der Waals surface area (Å²) < 4.78 is 6.31. The molecule has 0 unspecified atom stereocenters. The summed E-state index contributed by atoms with van der Waals surface area (Å²) in [6.07, 6.45) is 0. The average Bonchev–Trinajstić information content (AvgIpc) is 2.47. The minimum Gasteiger partial charge on any atom is -0.489 e. The lowest BCUT2D eigenvalue weighted by Gasteiger charge is -2.10. The van der Waals surface area contributed by atoms with Crippen molar-refractivity contribution in [3.05, 3.63) is 67.7 Å². The maximum absolute atomic E-state index is 10.7. The number of nitrogens with zero attached hydrogens (tertiary/aromatic N) is 2. The van der Waals surface area contributed by atoms with Gasteiger partial charge in [0.2, 0.25) is 0 Å². The molecule has 0 N–H and O–H groups in total. The molecular formula is C15H11BrN2O3. The number of halogens is 1. The van der Waals surface area contributed by atoms with Crippen molar-refractivity contribution >= 4 is 21.6 Å². The molecule has 106 valence electrons. The lowest BCUT2D eigenvalue weighted by atomic mass is 10.1. The Hall–Kier alpha value is -2.39. The quantitative estimate of drug-likeness (QED) is 0.616. The van der Waals surface area contributed by atoms with Gasteiger partial charge in [0.05, 0.1) is 16.6 Å². The summed E-state index contributed by atoms with van der Waals surface area (Å²) in [6, 6.07) is 11.8. The van der Waals surface area contributed by atoms with Crippen LogP contribution in [0.3, 0.4) is 0 Å². The lowest BCUT2D eigenvalue weighted by Crippen LogP contribution is -1.99. The second-order valence-corrected chi connectivity index (χ2v) is 5.27. The zero-order valence-electron chi connectivity index (χ0n) is 11.2. The summed E-state index contributed by atoms with van der Waals surface area (Å²) in [7, 11) is 0. The van der Waals surface area contributed by atoms with E-state index in [1.807, 2.05) is 13.0 Å². The van der Waals surface area contributed by atoms with Crippen LogP contribution in [0.1, 0.15) is 16.7 Å². The predicted molar refractivity (Wildman–Crippen MR) is 81.0 cm³/mol. The van der Waals surface area contributed by atoms with E-state index in [1.54, 1.807) is 18.2 Å². The summed E-state index contributed by atoms with van der Waals surface area (Å²) in [4.78, 5) is 10.2. The molecule has 0 fully saturated rings. The van der Waals surface area contributed by atoms with Gasteiger partial charge < -0.3 is 4.74 Å². The highest BCUT2D eigenvalue weighted by Crippen LogP contribution is 2.26. The molecule has 21 heavy (non-hydrogen) atoms. The zero-order chi connectivity index (χ0) is 15.4. The van der Waals surface area contributed by atoms with Gasteiger partial charge in [0.15, 0.2) is 0 Å². The molecule has 0 aliphatic heterocycles. The van der Waals surface area contributed by atoms with Crippen molar-refractivity contribution in [2.45, 2.75) is 13.5 Å². The summed E-state index contributed by atoms with van der Waals surface area (Å²) in [5.41, 5.74) is 2.26. The molecule has 2 aromatic rings. The van der Waals surface area contributed by atoms with Crippen LogP contribution < -0.4 is 4.74 Å². The van der Waals surface area contributed by atoms with Crippen LogP contribution in [0.4, 0.5) is 5.69 Å². The number of rotatable bonds is 4. The normalized spacial score (nSPS) is 9.95. The SMILES string of the molecule is Cc1ccc(C#N)cc1OCc1ccc([N+](=O)[O-])cc1Br. The first kappa shape index (κ1) is 15.0. The van der Waals surface area contributed by atoms with Crippen LogP contribution in [0, 0.1) is 28.4 Å². The van der Waals surface area contributed by atoms with Crippen molar-refractivity contribution in [1.82, 2.24) is 0 Å². The fourth-order valence-electron chi connectivity index (χ4n) is 1.75. The van der Waals surface area contributed by atoms with Gasteiger partial charge in [-0.1, -0.05) is 22.0 Å². The van der Waals surface area contributed by atoms with Gasteiger partial charge >= 0.3 is 0 Å². The van der Waals surface area contributed by atoms with E-state index < -0.39 is 4.92 Å². The molecule has 2 rings (SSSR count). The second kappa shape index (κ2) is 6.37. The Kier molecular flexibility index (Phi) is 4.55. The molecule has 0 saturated carbocycles. The number of ether oxygens (including phenoxy) is 1. The van der Waals surface area contributed by atoms with Crippen LogP contribution in [0.25, 0.3) is 0 Å². The van der Waals surface area contributed by atoms with Crippen LogP contribution in [-0.4, -0.2) is 4.92 Å². The molecule has 0 heterocycles. The fraction of sp³-hybridized carbons (Fsp3) is 0.133. The van der Waals surface area contributed by atoms with E-state index in [-0.39, 0.29) is 12.3 Å². The maximum atomic E-state index is 10.7. The number of hydrogen-bond acceptors (Lipinski definition) is 4. The van der Waals surface area contributed by atoms with Gasteiger partial charge in [-0.3, -0.25) is 10.1 Å². The second-order valence-electron chi connectivity index (χ2n) is 4.41. The van der Waals surface area contributed by atoms with Gasteiger partial charge in [-0.15, -0.1) is 0 Å². The van der Waals surface area contributed by atoms with Gasteiger partial charge in [0.1, 0.15) is 12.4 Å². The van der Waals surface area contributed by atoms with Gasteiger partial charge in [0, 0.05) is 22.2 Å². The largest absolute Gasteiger partial charge is 0.489 e. The van der Waals surface area contributed by atoms with Crippen molar-refractivity contribution in [2.24, 2.45) is 0 Å². The summed E-state index contributed by atoms with van der Waals surface area (Å²) in [5, 5.41) is 19.6. The van der Waals surface area contributed by atoms with E-state index >= 15 is 0 Å². The van der Waals surface area contributed by atoms with E-state index in [0.717, 1.165) is 11.1 Å². The molecule has 0 radical (unpaired) electrons. The third kappa shape index (κ3) is 3.58. The minimum atomic E-state index is -0.448. The van der Waals surface area contributed by atoms with E-state index in [1.165, 1.54) is 12.1 Å². The average molecular weight is 347 g/mol. The van der Waals surface area contributed by atoms with Crippen molar-refractivity contribution in [1.29, 1.82) is 5.26 Å². The van der Waals surface area contributed by atoms with E-state index in [0.29, 0.717) is 15.8 Å². The lowest BCUT2D eigenvalue weighted by molar-refractivity contribution is -0.384. The third-order valence-corrected chi connectivity index (χ3v) is 3.69. The van der Waals surface area contributed by atoms with Gasteiger partial charge in [-0.2, -0.15) is 5.26 Å². The molecule has 5 nitrogen and oxygen atoms in total. The Bertz CT molecular complexity index is 738. The molecule has 0 amide bonds. The zero-order valence-corrected chi connectivity index (χ0v) is 12.8. The molecular weight excluding hydrogens is 336 g/mol. The number of nitro groups is 1. The monoisotopic (exact) mass is 346 g/mol. The van der Waals surface area contributed by atoms with Crippen molar-refractivity contribution < 1.29 is 9.66 Å². The molecule has 0 atom stereocenters. The Labute approximate surface area is 130 Å². The van der Waals surface area contributed by atoms with Crippen LogP contribution in [0.15, 0.2) is 40.9 Å². The molecule has 0 bridgehead atoms. The minimum absolute atomic E-state index is 0.0216.